The van der Waals surface area contributed by atoms with Gasteiger partial charge in [0.1, 0.15) is 29.4 Å². The Morgan fingerprint density at radius 1 is 1.18 bits per heavy atom. The van der Waals surface area contributed by atoms with Crippen LogP contribution in [-0.4, -0.2) is 68.4 Å². The molecule has 2 atom stereocenters. The predicted molar refractivity (Wildman–Crippen MR) is 152 cm³/mol. The quantitative estimate of drug-likeness (QED) is 0.281. The number of nitrogens with zero attached hydrogens (tertiary/aromatic N) is 10. The number of nitrogens with one attached hydrogen (secondary N) is 1. The van der Waals surface area contributed by atoms with Crippen LogP contribution in [0.1, 0.15) is 37.3 Å². The van der Waals surface area contributed by atoms with Crippen LogP contribution >= 0.6 is 0 Å². The standard InChI is InChI=1S/C27H26F3N11O4/c1-14-9-17(37-45-14)12-40-24(43)20-22(38(3)26(40)44)34-13-41(20)15(2)23(42)36-19-6-7-31-21(35-19)16-10-32-25(33-11-16)39-8-4-5-18(39)27(28,29)30/h6-7,9-11,13,15,18H,4-5,8,12H2,1-3H3,(H,31,35,36,42)/t15-,18?/m0/s1. The number of anilines is 2. The van der Waals surface area contributed by atoms with Gasteiger partial charge in [-0.3, -0.25) is 18.7 Å². The van der Waals surface area contributed by atoms with E-state index in [9.17, 15) is 27.6 Å². The number of alkyl halides is 3. The molecule has 0 aliphatic carbocycles. The molecule has 6 rings (SSSR count). The maximum atomic E-state index is 13.5. The molecule has 18 heteroatoms. The van der Waals surface area contributed by atoms with Gasteiger partial charge in [0.05, 0.1) is 18.4 Å². The monoisotopic (exact) mass is 625 g/mol. The van der Waals surface area contributed by atoms with E-state index in [0.29, 0.717) is 23.4 Å². The predicted octanol–water partition coefficient (Wildman–Crippen LogP) is 2.22. The summed E-state index contributed by atoms with van der Waals surface area (Å²) in [5.41, 5.74) is -0.429. The van der Waals surface area contributed by atoms with Gasteiger partial charge in [0.25, 0.3) is 5.56 Å². The molecule has 1 fully saturated rings. The summed E-state index contributed by atoms with van der Waals surface area (Å²) in [6.07, 6.45) is 1.31. The summed E-state index contributed by atoms with van der Waals surface area (Å²) in [6, 6.07) is 0.449. The minimum atomic E-state index is -4.39. The Kier molecular flexibility index (Phi) is 7.41. The topological polar surface area (TPSA) is 172 Å². The lowest BCUT2D eigenvalue weighted by Gasteiger charge is -2.26. The zero-order valence-electron chi connectivity index (χ0n) is 24.2. The van der Waals surface area contributed by atoms with Crippen LogP contribution in [0, 0.1) is 6.92 Å². The van der Waals surface area contributed by atoms with Crippen molar-refractivity contribution in [2.24, 2.45) is 7.05 Å². The third kappa shape index (κ3) is 5.53. The molecule has 234 valence electrons. The average molecular weight is 626 g/mol. The number of rotatable bonds is 7. The summed E-state index contributed by atoms with van der Waals surface area (Å²) >= 11 is 0. The van der Waals surface area contributed by atoms with Crippen LogP contribution in [0.15, 0.2) is 51.2 Å². The van der Waals surface area contributed by atoms with Crippen molar-refractivity contribution in [2.45, 2.75) is 51.5 Å². The Labute approximate surface area is 251 Å². The highest BCUT2D eigenvalue weighted by Gasteiger charge is 2.46. The lowest BCUT2D eigenvalue weighted by Crippen LogP contribution is -2.42. The van der Waals surface area contributed by atoms with E-state index in [1.54, 1.807) is 19.9 Å². The Morgan fingerprint density at radius 2 is 1.93 bits per heavy atom. The fourth-order valence-electron chi connectivity index (χ4n) is 5.23. The molecule has 0 radical (unpaired) electrons. The molecule has 1 N–H and O–H groups in total. The Bertz CT molecular complexity index is 2010. The zero-order chi connectivity index (χ0) is 32.0. The summed E-state index contributed by atoms with van der Waals surface area (Å²) in [4.78, 5) is 61.7. The number of hydrogen-bond donors (Lipinski definition) is 1. The second-order valence-electron chi connectivity index (χ2n) is 10.6. The number of imidazole rings is 1. The highest BCUT2D eigenvalue weighted by molar-refractivity contribution is 5.93. The first-order valence-corrected chi connectivity index (χ1v) is 13.8. The number of aromatic nitrogens is 9. The van der Waals surface area contributed by atoms with Crippen LogP contribution in [0.5, 0.6) is 0 Å². The molecule has 0 saturated carbocycles. The Morgan fingerprint density at radius 3 is 2.62 bits per heavy atom. The first kappa shape index (κ1) is 29.6. The van der Waals surface area contributed by atoms with E-state index in [2.05, 4.69) is 35.4 Å². The molecule has 1 aliphatic heterocycles. The Hall–Kier alpha value is -5.42. The van der Waals surface area contributed by atoms with Crippen LogP contribution < -0.4 is 21.5 Å². The highest BCUT2D eigenvalue weighted by Crippen LogP contribution is 2.34. The summed E-state index contributed by atoms with van der Waals surface area (Å²) in [6.45, 7) is 3.29. The van der Waals surface area contributed by atoms with Gasteiger partial charge in [0.15, 0.2) is 17.0 Å². The number of carbonyl (C=O) groups is 1. The van der Waals surface area contributed by atoms with Crippen molar-refractivity contribution in [1.82, 2.24) is 43.8 Å². The summed E-state index contributed by atoms with van der Waals surface area (Å²) in [5.74, 6) is 0.176. The molecular weight excluding hydrogens is 599 g/mol. The second-order valence-corrected chi connectivity index (χ2v) is 10.6. The molecule has 45 heavy (non-hydrogen) atoms. The van der Waals surface area contributed by atoms with Crippen LogP contribution in [0.2, 0.25) is 0 Å². The van der Waals surface area contributed by atoms with Crippen LogP contribution in [0.3, 0.4) is 0 Å². The van der Waals surface area contributed by atoms with Crippen molar-refractivity contribution in [1.29, 1.82) is 0 Å². The van der Waals surface area contributed by atoms with E-state index in [1.165, 1.54) is 47.2 Å². The molecule has 1 unspecified atom stereocenters. The normalized spacial score (nSPS) is 16.0. The lowest BCUT2D eigenvalue weighted by molar-refractivity contribution is -0.146. The molecule has 15 nitrogen and oxygen atoms in total. The number of fused-ring (bicyclic) bond motifs is 1. The maximum Gasteiger partial charge on any atom is 0.408 e. The van der Waals surface area contributed by atoms with Crippen LogP contribution in [0.25, 0.3) is 22.6 Å². The number of carbonyl (C=O) groups excluding carboxylic acids is 1. The van der Waals surface area contributed by atoms with Crippen LogP contribution in [-0.2, 0) is 18.4 Å². The van der Waals surface area contributed by atoms with Gasteiger partial charge in [0.2, 0.25) is 11.9 Å². The fraction of sp³-hybridized carbons (Fsp3) is 0.370. The van der Waals surface area contributed by atoms with Crippen molar-refractivity contribution in [3.8, 4) is 11.4 Å². The SMILES string of the molecule is Cc1cc(Cn2c(=O)c3c(ncn3[C@@H](C)C(=O)Nc3ccnc(-c4cnc(N5CCCC5C(F)(F)F)nc4)n3)n(C)c2=O)no1. The summed E-state index contributed by atoms with van der Waals surface area (Å²) < 4.78 is 48.7. The summed E-state index contributed by atoms with van der Waals surface area (Å²) in [5, 5.41) is 6.53. The number of aryl methyl sites for hydroxylation is 2. The first-order chi connectivity index (χ1) is 21.4. The third-order valence-corrected chi connectivity index (χ3v) is 7.54. The molecule has 0 aromatic carbocycles. The number of amides is 1. The van der Waals surface area contributed by atoms with Gasteiger partial charge in [-0.15, -0.1) is 0 Å². The van der Waals surface area contributed by atoms with Crippen LogP contribution in [0.4, 0.5) is 24.9 Å². The summed E-state index contributed by atoms with van der Waals surface area (Å²) in [7, 11) is 1.47. The van der Waals surface area contributed by atoms with Gasteiger partial charge in [0, 0.05) is 38.2 Å². The third-order valence-electron chi connectivity index (χ3n) is 7.54. The smallest absolute Gasteiger partial charge is 0.361 e. The van der Waals surface area contributed by atoms with Gasteiger partial charge in [-0.05, 0) is 32.8 Å². The zero-order valence-corrected chi connectivity index (χ0v) is 24.2. The Balaban J connectivity index is 1.23. The molecule has 5 aromatic heterocycles. The molecule has 6 heterocycles. The molecular formula is C27H26F3N11O4. The number of halogens is 3. The fourth-order valence-corrected chi connectivity index (χ4v) is 5.23. The van der Waals surface area contributed by atoms with E-state index >= 15 is 0 Å². The van der Waals surface area contributed by atoms with E-state index in [1.807, 2.05) is 0 Å². The maximum absolute atomic E-state index is 13.5. The van der Waals surface area contributed by atoms with Gasteiger partial charge in [-0.2, -0.15) is 13.2 Å². The number of hydrogen-bond acceptors (Lipinski definition) is 11. The lowest BCUT2D eigenvalue weighted by atomic mass is 10.2. The molecule has 5 aromatic rings. The minimum Gasteiger partial charge on any atom is -0.361 e. The van der Waals surface area contributed by atoms with Gasteiger partial charge in [-0.1, -0.05) is 5.16 Å². The highest BCUT2D eigenvalue weighted by atomic mass is 19.4. The molecule has 1 aliphatic rings. The first-order valence-electron chi connectivity index (χ1n) is 13.8. The van der Waals surface area contributed by atoms with Gasteiger partial charge >= 0.3 is 11.9 Å². The molecule has 1 amide bonds. The van der Waals surface area contributed by atoms with E-state index < -0.39 is 35.4 Å². The van der Waals surface area contributed by atoms with Crippen molar-refractivity contribution >= 4 is 28.8 Å². The van der Waals surface area contributed by atoms with E-state index in [0.717, 1.165) is 9.47 Å². The van der Waals surface area contributed by atoms with Crippen molar-refractivity contribution < 1.29 is 22.5 Å². The van der Waals surface area contributed by atoms with E-state index in [-0.39, 0.29) is 48.3 Å². The van der Waals surface area contributed by atoms with Gasteiger partial charge in [-0.25, -0.2) is 29.7 Å². The van der Waals surface area contributed by atoms with Crippen molar-refractivity contribution in [3.63, 3.8) is 0 Å². The second kappa shape index (κ2) is 11.3. The molecule has 0 spiro atoms. The van der Waals surface area contributed by atoms with E-state index in [4.69, 9.17) is 4.52 Å². The molecule has 0 bridgehead atoms. The van der Waals surface area contributed by atoms with Gasteiger partial charge < -0.3 is 19.3 Å². The molecule has 1 saturated heterocycles. The minimum absolute atomic E-state index is 0.0243. The van der Waals surface area contributed by atoms with Crippen molar-refractivity contribution in [3.05, 3.63) is 69.3 Å². The average Bonchev–Trinajstić information content (AvgIpc) is 3.78. The van der Waals surface area contributed by atoms with Crippen molar-refractivity contribution in [2.75, 3.05) is 16.8 Å². The largest absolute Gasteiger partial charge is 0.408 e.